The topological polar surface area (TPSA) is 134 Å². The average molecular weight is 655 g/mol. The molecule has 46 heavy (non-hydrogen) atoms. The highest BCUT2D eigenvalue weighted by atomic mass is 16.6. The van der Waals surface area contributed by atoms with Gasteiger partial charge >= 0.3 is 11.9 Å². The molecule has 0 bridgehead atoms. The van der Waals surface area contributed by atoms with Gasteiger partial charge in [-0.25, -0.2) is 0 Å². The van der Waals surface area contributed by atoms with Crippen molar-refractivity contribution in [2.45, 2.75) is 192 Å². The van der Waals surface area contributed by atoms with Crippen molar-refractivity contribution < 1.29 is 39.5 Å². The molecular weight excluding hydrogens is 584 g/mol. The molecule has 1 aliphatic carbocycles. The lowest BCUT2D eigenvalue weighted by atomic mass is 9.88. The predicted molar refractivity (Wildman–Crippen MR) is 184 cm³/mol. The van der Waals surface area contributed by atoms with Crippen molar-refractivity contribution in [1.29, 1.82) is 0 Å². The van der Waals surface area contributed by atoms with Gasteiger partial charge in [-0.05, 0) is 31.6 Å². The Bertz CT molecular complexity index is 772. The first-order valence-corrected chi connectivity index (χ1v) is 19.0. The van der Waals surface area contributed by atoms with Crippen molar-refractivity contribution in [1.82, 2.24) is 0 Å². The normalized spacial score (nSPS) is 21.1. The number of hydrogen-bond donors (Lipinski definition) is 4. The van der Waals surface area contributed by atoms with Gasteiger partial charge in [-0.3, -0.25) is 9.59 Å². The number of aliphatic hydroxyl groups excluding tert-OH is 4. The summed E-state index contributed by atoms with van der Waals surface area (Å²) in [5.41, 5.74) is 0. The fourth-order valence-corrected chi connectivity index (χ4v) is 6.47. The molecule has 0 saturated heterocycles. The summed E-state index contributed by atoms with van der Waals surface area (Å²) in [5.74, 6) is -0.906. The first kappa shape index (κ1) is 42.5. The van der Waals surface area contributed by atoms with E-state index in [1.54, 1.807) is 6.08 Å². The van der Waals surface area contributed by atoms with Crippen LogP contribution < -0.4 is 0 Å². The van der Waals surface area contributed by atoms with E-state index in [4.69, 9.17) is 9.47 Å². The Morgan fingerprint density at radius 2 is 1.24 bits per heavy atom. The van der Waals surface area contributed by atoms with Gasteiger partial charge in [0.2, 0.25) is 0 Å². The lowest BCUT2D eigenvalue weighted by Crippen LogP contribution is -2.28. The van der Waals surface area contributed by atoms with Gasteiger partial charge in [0.1, 0.15) is 6.61 Å². The van der Waals surface area contributed by atoms with E-state index in [-0.39, 0.29) is 43.4 Å². The molecular formula is C38H70O8. The summed E-state index contributed by atoms with van der Waals surface area (Å²) in [4.78, 5) is 24.3. The van der Waals surface area contributed by atoms with Crippen LogP contribution in [0.2, 0.25) is 0 Å². The van der Waals surface area contributed by atoms with Crippen LogP contribution in [-0.2, 0) is 19.1 Å². The van der Waals surface area contributed by atoms with Crippen LogP contribution >= 0.6 is 0 Å². The highest BCUT2D eigenvalue weighted by Gasteiger charge is 2.39. The molecule has 270 valence electrons. The number of aliphatic hydroxyl groups is 4. The minimum Gasteiger partial charge on any atom is -0.462 e. The van der Waals surface area contributed by atoms with Gasteiger partial charge < -0.3 is 29.9 Å². The van der Waals surface area contributed by atoms with Gasteiger partial charge in [0.25, 0.3) is 0 Å². The second kappa shape index (κ2) is 28.5. The maximum atomic E-state index is 12.2. The number of unbranched alkanes of at least 4 members (excludes halogenated alkanes) is 16. The van der Waals surface area contributed by atoms with Crippen LogP contribution in [0.3, 0.4) is 0 Å². The van der Waals surface area contributed by atoms with Gasteiger partial charge in [-0.2, -0.15) is 0 Å². The van der Waals surface area contributed by atoms with E-state index in [1.807, 2.05) is 6.08 Å². The number of carbonyl (C=O) groups is 2. The zero-order valence-corrected chi connectivity index (χ0v) is 29.4. The van der Waals surface area contributed by atoms with Crippen LogP contribution in [0.5, 0.6) is 0 Å². The van der Waals surface area contributed by atoms with E-state index in [0.717, 1.165) is 64.2 Å². The number of esters is 2. The van der Waals surface area contributed by atoms with Gasteiger partial charge in [-0.15, -0.1) is 0 Å². The van der Waals surface area contributed by atoms with E-state index in [1.165, 1.54) is 57.8 Å². The van der Waals surface area contributed by atoms with E-state index in [0.29, 0.717) is 25.7 Å². The minimum atomic E-state index is -0.832. The largest absolute Gasteiger partial charge is 0.462 e. The summed E-state index contributed by atoms with van der Waals surface area (Å²) in [6.07, 6.45) is 24.8. The molecule has 0 spiro atoms. The molecule has 0 aromatic heterocycles. The fourth-order valence-electron chi connectivity index (χ4n) is 6.47. The molecule has 1 saturated carbocycles. The lowest BCUT2D eigenvalue weighted by molar-refractivity contribution is -0.161. The van der Waals surface area contributed by atoms with Gasteiger partial charge in [0, 0.05) is 25.2 Å². The molecule has 1 fully saturated rings. The Morgan fingerprint density at radius 1 is 0.717 bits per heavy atom. The maximum absolute atomic E-state index is 12.2. The first-order chi connectivity index (χ1) is 22.3. The van der Waals surface area contributed by atoms with Crippen molar-refractivity contribution in [3.05, 3.63) is 12.2 Å². The van der Waals surface area contributed by atoms with Crippen LogP contribution in [0, 0.1) is 11.8 Å². The zero-order valence-electron chi connectivity index (χ0n) is 29.4. The van der Waals surface area contributed by atoms with Crippen LogP contribution in [-0.4, -0.2) is 70.0 Å². The highest BCUT2D eigenvalue weighted by molar-refractivity contribution is 5.70. The summed E-state index contributed by atoms with van der Waals surface area (Å²) >= 11 is 0. The minimum absolute atomic E-state index is 0.0306. The van der Waals surface area contributed by atoms with Crippen LogP contribution in [0.15, 0.2) is 12.2 Å². The van der Waals surface area contributed by atoms with Crippen molar-refractivity contribution in [3.63, 3.8) is 0 Å². The Labute approximate surface area is 280 Å². The number of carbonyl (C=O) groups excluding carboxylic acids is 2. The molecule has 0 unspecified atom stereocenters. The number of rotatable bonds is 30. The Kier molecular flexibility index (Phi) is 26.4. The Balaban J connectivity index is 2.11. The van der Waals surface area contributed by atoms with E-state index in [2.05, 4.69) is 13.8 Å². The fraction of sp³-hybridized carbons (Fsp3) is 0.895. The summed E-state index contributed by atoms with van der Waals surface area (Å²) in [6.45, 7) is 3.85. The van der Waals surface area contributed by atoms with Crippen molar-refractivity contribution in [3.8, 4) is 0 Å². The van der Waals surface area contributed by atoms with Crippen molar-refractivity contribution in [2.24, 2.45) is 11.8 Å². The van der Waals surface area contributed by atoms with E-state index in [9.17, 15) is 30.0 Å². The van der Waals surface area contributed by atoms with Gasteiger partial charge in [-0.1, -0.05) is 135 Å². The van der Waals surface area contributed by atoms with Crippen LogP contribution in [0.25, 0.3) is 0 Å². The van der Waals surface area contributed by atoms with E-state index < -0.39 is 24.4 Å². The van der Waals surface area contributed by atoms with Crippen molar-refractivity contribution in [2.75, 3.05) is 13.2 Å². The summed E-state index contributed by atoms with van der Waals surface area (Å²) < 4.78 is 10.6. The molecule has 0 aromatic rings. The predicted octanol–water partition coefficient (Wildman–Crippen LogP) is 7.72. The molecule has 0 amide bonds. The van der Waals surface area contributed by atoms with Gasteiger partial charge in [0.15, 0.2) is 6.10 Å². The molecule has 8 nitrogen and oxygen atoms in total. The third-order valence-corrected chi connectivity index (χ3v) is 9.41. The summed E-state index contributed by atoms with van der Waals surface area (Å²) in [6, 6.07) is 0. The average Bonchev–Trinajstić information content (AvgIpc) is 3.31. The lowest BCUT2D eigenvalue weighted by Gasteiger charge is -2.21. The number of hydrogen-bond acceptors (Lipinski definition) is 8. The van der Waals surface area contributed by atoms with Crippen LogP contribution in [0.1, 0.15) is 168 Å². The molecule has 0 aliphatic heterocycles. The second-order valence-corrected chi connectivity index (χ2v) is 13.6. The molecule has 6 atom stereocenters. The van der Waals surface area contributed by atoms with Gasteiger partial charge in [0.05, 0.1) is 24.9 Å². The first-order valence-electron chi connectivity index (χ1n) is 19.0. The molecule has 0 radical (unpaired) electrons. The third kappa shape index (κ3) is 21.4. The quantitative estimate of drug-likeness (QED) is 0.0352. The molecule has 1 aliphatic rings. The monoisotopic (exact) mass is 655 g/mol. The molecule has 8 heteroatoms. The number of ether oxygens (including phenoxy) is 2. The molecule has 0 heterocycles. The standard InChI is InChI=1S/C38H70O8/c1-3-5-7-8-9-10-11-12-13-14-15-21-25-38(44)46-32(29-39)30-45-37(43)24-20-17-16-19-23-33-34(36(42)28-35(33)41)27-26-31(40)22-18-6-4-2/h26-27,31-36,39-42H,3-25,28-30H2,1-2H3/b27-26+/t31-,32-,33+,34+,35-,36+/m0/s1. The SMILES string of the molecule is CCCCCCCCCCCCCCC(=O)O[C@@H](CO)COC(=O)CCCCCC[C@@H]1[C@@H](/C=C/[C@@H](O)CCCCC)[C@H](O)C[C@@H]1O. The van der Waals surface area contributed by atoms with Crippen LogP contribution in [0.4, 0.5) is 0 Å². The maximum Gasteiger partial charge on any atom is 0.306 e. The summed E-state index contributed by atoms with van der Waals surface area (Å²) in [5, 5.41) is 40.7. The van der Waals surface area contributed by atoms with E-state index >= 15 is 0 Å². The molecule has 1 rings (SSSR count). The zero-order chi connectivity index (χ0) is 33.8. The third-order valence-electron chi connectivity index (χ3n) is 9.41. The van der Waals surface area contributed by atoms with Crippen molar-refractivity contribution >= 4 is 11.9 Å². The Morgan fingerprint density at radius 3 is 1.83 bits per heavy atom. The smallest absolute Gasteiger partial charge is 0.306 e. The second-order valence-electron chi connectivity index (χ2n) is 13.6. The summed E-state index contributed by atoms with van der Waals surface area (Å²) in [7, 11) is 0. The Hall–Kier alpha value is -1.48. The molecule has 4 N–H and O–H groups in total. The molecule has 0 aromatic carbocycles. The highest BCUT2D eigenvalue weighted by Crippen LogP contribution is 2.37.